The van der Waals surface area contributed by atoms with Crippen molar-refractivity contribution in [2.24, 2.45) is 5.92 Å². The van der Waals surface area contributed by atoms with E-state index >= 15 is 0 Å². The summed E-state index contributed by atoms with van der Waals surface area (Å²) in [6, 6.07) is 14.9. The first-order chi connectivity index (χ1) is 14.0. The maximum atomic E-state index is 12.6. The largest absolute Gasteiger partial charge is 0.616 e. The van der Waals surface area contributed by atoms with E-state index in [1.165, 1.54) is 11.1 Å². The molecule has 1 heterocycles. The smallest absolute Gasteiger partial charge is 0.226 e. The standard InChI is InChI=1S/C23H27ClN2O2S/c1-26(23(27)17-8-10-29(28)11-9-17)15-16-2-6-21(7-3-16)25-22-13-18-4-5-20(24)12-19(18)14-22/h2-7,12,17,22,25H,8-11,13-15H2,1H3. The summed E-state index contributed by atoms with van der Waals surface area (Å²) in [5, 5.41) is 4.41. The number of fused-ring (bicyclic) bond motifs is 1. The van der Waals surface area contributed by atoms with Crippen LogP contribution in [0, 0.1) is 5.92 Å². The Morgan fingerprint density at radius 1 is 1.14 bits per heavy atom. The van der Waals surface area contributed by atoms with Gasteiger partial charge in [0, 0.05) is 49.1 Å². The van der Waals surface area contributed by atoms with Crippen molar-refractivity contribution < 1.29 is 9.35 Å². The molecule has 29 heavy (non-hydrogen) atoms. The minimum atomic E-state index is -0.732. The first-order valence-electron chi connectivity index (χ1n) is 10.2. The molecule has 2 aliphatic rings. The molecule has 1 amide bonds. The van der Waals surface area contributed by atoms with E-state index in [1.54, 1.807) is 4.90 Å². The third kappa shape index (κ3) is 5.08. The second-order valence-corrected chi connectivity index (χ2v) is 10.3. The third-order valence-corrected chi connectivity index (χ3v) is 7.58. The third-order valence-electron chi connectivity index (χ3n) is 5.96. The molecule has 0 aromatic heterocycles. The second-order valence-electron chi connectivity index (χ2n) is 8.18. The average molecular weight is 431 g/mol. The number of halogens is 1. The van der Waals surface area contributed by atoms with Crippen LogP contribution in [0.4, 0.5) is 5.69 Å². The molecule has 1 aliphatic carbocycles. The summed E-state index contributed by atoms with van der Waals surface area (Å²) in [4.78, 5) is 14.4. The number of carbonyl (C=O) groups excluding carboxylic acids is 1. The van der Waals surface area contributed by atoms with Gasteiger partial charge in [-0.05, 0) is 53.8 Å². The predicted octanol–water partition coefficient (Wildman–Crippen LogP) is 4.04. The van der Waals surface area contributed by atoms with Gasteiger partial charge in [0.2, 0.25) is 5.91 Å². The van der Waals surface area contributed by atoms with Crippen LogP contribution in [0.5, 0.6) is 0 Å². The van der Waals surface area contributed by atoms with Crippen molar-refractivity contribution in [2.45, 2.75) is 38.3 Å². The first-order valence-corrected chi connectivity index (χ1v) is 12.1. The maximum Gasteiger partial charge on any atom is 0.226 e. The summed E-state index contributed by atoms with van der Waals surface area (Å²) in [5.41, 5.74) is 4.92. The molecule has 1 saturated heterocycles. The van der Waals surface area contributed by atoms with E-state index < -0.39 is 11.2 Å². The number of hydrogen-bond donors (Lipinski definition) is 1. The van der Waals surface area contributed by atoms with Gasteiger partial charge in [-0.3, -0.25) is 4.79 Å². The number of rotatable bonds is 5. The summed E-state index contributed by atoms with van der Waals surface area (Å²) in [7, 11) is 1.86. The maximum absolute atomic E-state index is 12.6. The van der Waals surface area contributed by atoms with E-state index in [-0.39, 0.29) is 11.8 Å². The lowest BCUT2D eigenvalue weighted by atomic mass is 10.0. The van der Waals surface area contributed by atoms with Gasteiger partial charge in [-0.2, -0.15) is 0 Å². The van der Waals surface area contributed by atoms with Crippen molar-refractivity contribution in [3.63, 3.8) is 0 Å². The molecule has 0 spiro atoms. The molecule has 6 heteroatoms. The molecular weight excluding hydrogens is 404 g/mol. The van der Waals surface area contributed by atoms with Gasteiger partial charge in [0.25, 0.3) is 0 Å². The first kappa shape index (κ1) is 20.6. The molecule has 2 aromatic rings. The molecule has 2 aromatic carbocycles. The zero-order chi connectivity index (χ0) is 20.4. The van der Waals surface area contributed by atoms with Crippen molar-refractivity contribution in [3.8, 4) is 0 Å². The van der Waals surface area contributed by atoms with Crippen molar-refractivity contribution >= 4 is 34.4 Å². The van der Waals surface area contributed by atoms with Gasteiger partial charge in [-0.25, -0.2) is 0 Å². The molecular formula is C23H27ClN2O2S. The fourth-order valence-electron chi connectivity index (χ4n) is 4.34. The van der Waals surface area contributed by atoms with E-state index in [1.807, 2.05) is 13.1 Å². The lowest BCUT2D eigenvalue weighted by Gasteiger charge is -2.27. The van der Waals surface area contributed by atoms with Crippen LogP contribution in [0.3, 0.4) is 0 Å². The van der Waals surface area contributed by atoms with Gasteiger partial charge < -0.3 is 14.8 Å². The van der Waals surface area contributed by atoms with Crippen LogP contribution in [-0.4, -0.2) is 40.0 Å². The molecule has 1 fully saturated rings. The Morgan fingerprint density at radius 3 is 2.55 bits per heavy atom. The normalized spacial score (nSPS) is 23.5. The number of hydrogen-bond acceptors (Lipinski definition) is 3. The van der Waals surface area contributed by atoms with Gasteiger partial charge in [0.05, 0.1) is 0 Å². The van der Waals surface area contributed by atoms with Crippen molar-refractivity contribution in [3.05, 3.63) is 64.2 Å². The monoisotopic (exact) mass is 430 g/mol. The molecule has 4 rings (SSSR count). The fourth-order valence-corrected chi connectivity index (χ4v) is 5.83. The van der Waals surface area contributed by atoms with Crippen LogP contribution >= 0.6 is 11.6 Å². The van der Waals surface area contributed by atoms with E-state index in [9.17, 15) is 9.35 Å². The Balaban J connectivity index is 1.30. The number of carbonyl (C=O) groups is 1. The Morgan fingerprint density at radius 2 is 1.83 bits per heavy atom. The summed E-state index contributed by atoms with van der Waals surface area (Å²) >= 11 is 5.37. The molecule has 1 aliphatic heterocycles. The highest BCUT2D eigenvalue weighted by atomic mass is 35.5. The number of nitrogens with zero attached hydrogens (tertiary/aromatic N) is 1. The lowest BCUT2D eigenvalue weighted by Crippen LogP contribution is -2.37. The van der Waals surface area contributed by atoms with Crippen LogP contribution < -0.4 is 5.32 Å². The van der Waals surface area contributed by atoms with Gasteiger partial charge in [-0.1, -0.05) is 41.0 Å². The van der Waals surface area contributed by atoms with E-state index in [4.69, 9.17) is 11.6 Å². The summed E-state index contributed by atoms with van der Waals surface area (Å²) in [6.45, 7) is 0.603. The molecule has 0 bridgehead atoms. The highest BCUT2D eigenvalue weighted by molar-refractivity contribution is 7.91. The summed E-state index contributed by atoms with van der Waals surface area (Å²) < 4.78 is 11.5. The number of nitrogens with one attached hydrogen (secondary N) is 1. The van der Waals surface area contributed by atoms with Crippen molar-refractivity contribution in [1.29, 1.82) is 0 Å². The minimum absolute atomic E-state index is 0.0242. The molecule has 1 N–H and O–H groups in total. The molecule has 1 atom stereocenters. The van der Waals surface area contributed by atoms with Crippen LogP contribution in [0.25, 0.3) is 0 Å². The Labute approximate surface area is 180 Å². The highest BCUT2D eigenvalue weighted by Gasteiger charge is 2.29. The van der Waals surface area contributed by atoms with E-state index in [0.29, 0.717) is 24.1 Å². The van der Waals surface area contributed by atoms with Crippen molar-refractivity contribution in [2.75, 3.05) is 23.9 Å². The molecule has 154 valence electrons. The van der Waals surface area contributed by atoms with Gasteiger partial charge in [-0.15, -0.1) is 0 Å². The van der Waals surface area contributed by atoms with E-state index in [2.05, 4.69) is 41.7 Å². The Hall–Kier alpha value is -1.69. The molecule has 0 radical (unpaired) electrons. The van der Waals surface area contributed by atoms with Gasteiger partial charge in [0.15, 0.2) is 0 Å². The minimum Gasteiger partial charge on any atom is -0.616 e. The van der Waals surface area contributed by atoms with Crippen LogP contribution in [0.15, 0.2) is 42.5 Å². The average Bonchev–Trinajstić information content (AvgIpc) is 3.10. The van der Waals surface area contributed by atoms with Crippen LogP contribution in [-0.2, 0) is 35.4 Å². The van der Waals surface area contributed by atoms with E-state index in [0.717, 1.165) is 42.0 Å². The van der Waals surface area contributed by atoms with Gasteiger partial charge >= 0.3 is 0 Å². The van der Waals surface area contributed by atoms with Crippen LogP contribution in [0.2, 0.25) is 5.02 Å². The molecule has 1 unspecified atom stereocenters. The fraction of sp³-hybridized carbons (Fsp3) is 0.435. The topological polar surface area (TPSA) is 55.4 Å². The zero-order valence-electron chi connectivity index (χ0n) is 16.7. The summed E-state index contributed by atoms with van der Waals surface area (Å²) in [6.07, 6.45) is 3.49. The highest BCUT2D eigenvalue weighted by Crippen LogP contribution is 2.27. The quantitative estimate of drug-likeness (QED) is 0.728. The number of benzene rings is 2. The Bertz CT molecular complexity index is 866. The zero-order valence-corrected chi connectivity index (χ0v) is 18.3. The number of anilines is 1. The Kier molecular flexibility index (Phi) is 6.38. The van der Waals surface area contributed by atoms with Gasteiger partial charge in [0.1, 0.15) is 11.5 Å². The second kappa shape index (κ2) is 8.99. The van der Waals surface area contributed by atoms with Crippen molar-refractivity contribution in [1.82, 2.24) is 4.90 Å². The summed E-state index contributed by atoms with van der Waals surface area (Å²) in [5.74, 6) is 1.51. The molecule has 0 saturated carbocycles. The SMILES string of the molecule is CN(Cc1ccc(NC2Cc3ccc(Cl)cc3C2)cc1)C(=O)C1CC[S+]([O-])CC1. The van der Waals surface area contributed by atoms with Crippen LogP contribution in [0.1, 0.15) is 29.5 Å². The molecule has 4 nitrogen and oxygen atoms in total. The lowest BCUT2D eigenvalue weighted by molar-refractivity contribution is -0.135. The number of amides is 1. The predicted molar refractivity (Wildman–Crippen MR) is 120 cm³/mol.